The van der Waals surface area contributed by atoms with Gasteiger partial charge in [0.1, 0.15) is 0 Å². The van der Waals surface area contributed by atoms with Gasteiger partial charge in [-0.2, -0.15) is 11.3 Å². The summed E-state index contributed by atoms with van der Waals surface area (Å²) in [6.45, 7) is 0.206. The van der Waals surface area contributed by atoms with Crippen molar-refractivity contribution >= 4 is 23.2 Å². The van der Waals surface area contributed by atoms with Crippen molar-refractivity contribution in [1.82, 2.24) is 5.32 Å². The van der Waals surface area contributed by atoms with E-state index in [0.717, 1.165) is 5.56 Å². The molecule has 0 unspecified atom stereocenters. The number of amides is 1. The van der Waals surface area contributed by atoms with Crippen LogP contribution in [0.5, 0.6) is 0 Å². The quantitative estimate of drug-likeness (QED) is 0.769. The molecule has 0 aromatic carbocycles. The number of aryl methyl sites for hydroxylation is 1. The third-order valence-corrected chi connectivity index (χ3v) is 2.61. The van der Waals surface area contributed by atoms with E-state index in [2.05, 4.69) is 5.32 Å². The molecule has 0 saturated carbocycles. The summed E-state index contributed by atoms with van der Waals surface area (Å²) in [5.41, 5.74) is 1.15. The molecule has 0 aliphatic heterocycles. The number of carboxylic acids is 1. The molecule has 1 amide bonds. The SMILES string of the molecule is O=C(O)CCNC(=O)CCc1ccsc1. The summed E-state index contributed by atoms with van der Waals surface area (Å²) < 4.78 is 0. The van der Waals surface area contributed by atoms with Crippen molar-refractivity contribution in [2.45, 2.75) is 19.3 Å². The van der Waals surface area contributed by atoms with Gasteiger partial charge in [-0.05, 0) is 28.8 Å². The first-order valence-electron chi connectivity index (χ1n) is 4.68. The van der Waals surface area contributed by atoms with E-state index < -0.39 is 5.97 Å². The van der Waals surface area contributed by atoms with Crippen LogP contribution in [-0.4, -0.2) is 23.5 Å². The van der Waals surface area contributed by atoms with Crippen molar-refractivity contribution in [2.75, 3.05) is 6.54 Å². The van der Waals surface area contributed by atoms with Gasteiger partial charge in [-0.3, -0.25) is 9.59 Å². The van der Waals surface area contributed by atoms with Crippen LogP contribution in [0, 0.1) is 0 Å². The van der Waals surface area contributed by atoms with Gasteiger partial charge in [-0.1, -0.05) is 0 Å². The Kier molecular flexibility index (Phi) is 4.83. The van der Waals surface area contributed by atoms with Crippen molar-refractivity contribution in [3.05, 3.63) is 22.4 Å². The zero-order valence-corrected chi connectivity index (χ0v) is 9.05. The number of aliphatic carboxylic acids is 1. The first kappa shape index (κ1) is 11.7. The second kappa shape index (κ2) is 6.19. The second-order valence-electron chi connectivity index (χ2n) is 3.13. The Morgan fingerprint density at radius 1 is 1.40 bits per heavy atom. The van der Waals surface area contributed by atoms with Crippen LogP contribution in [-0.2, 0) is 16.0 Å². The highest BCUT2D eigenvalue weighted by molar-refractivity contribution is 7.07. The Morgan fingerprint density at radius 3 is 2.80 bits per heavy atom. The average Bonchev–Trinajstić information content (AvgIpc) is 2.66. The highest BCUT2D eigenvalue weighted by Gasteiger charge is 2.03. The molecule has 0 atom stereocenters. The molecule has 0 bridgehead atoms. The lowest BCUT2D eigenvalue weighted by molar-refractivity contribution is -0.136. The molecule has 1 heterocycles. The predicted molar refractivity (Wildman–Crippen MR) is 57.9 cm³/mol. The molecular weight excluding hydrogens is 214 g/mol. The predicted octanol–water partition coefficient (Wildman–Crippen LogP) is 1.27. The van der Waals surface area contributed by atoms with Gasteiger partial charge in [-0.15, -0.1) is 0 Å². The average molecular weight is 227 g/mol. The maximum atomic E-state index is 11.2. The Morgan fingerprint density at radius 2 is 2.20 bits per heavy atom. The van der Waals surface area contributed by atoms with Gasteiger partial charge in [0.15, 0.2) is 0 Å². The number of rotatable bonds is 6. The lowest BCUT2D eigenvalue weighted by Gasteiger charge is -2.02. The molecule has 0 saturated heterocycles. The van der Waals surface area contributed by atoms with Gasteiger partial charge in [0.2, 0.25) is 5.91 Å². The number of hydrogen-bond acceptors (Lipinski definition) is 3. The Balaban J connectivity index is 2.11. The summed E-state index contributed by atoms with van der Waals surface area (Å²) in [4.78, 5) is 21.4. The van der Waals surface area contributed by atoms with Crippen LogP contribution in [0.15, 0.2) is 16.8 Å². The minimum absolute atomic E-state index is 0.0236. The molecule has 15 heavy (non-hydrogen) atoms. The van der Waals surface area contributed by atoms with Gasteiger partial charge in [0.05, 0.1) is 6.42 Å². The molecule has 0 fully saturated rings. The first-order valence-corrected chi connectivity index (χ1v) is 5.62. The van der Waals surface area contributed by atoms with Crippen molar-refractivity contribution in [1.29, 1.82) is 0 Å². The molecule has 82 valence electrons. The Hall–Kier alpha value is -1.36. The van der Waals surface area contributed by atoms with Gasteiger partial charge in [-0.25, -0.2) is 0 Å². The number of carboxylic acid groups (broad SMARTS) is 1. The van der Waals surface area contributed by atoms with Crippen LogP contribution in [0.25, 0.3) is 0 Å². The number of carbonyl (C=O) groups is 2. The molecule has 1 aromatic heterocycles. The number of hydrogen-bond donors (Lipinski definition) is 2. The van der Waals surface area contributed by atoms with E-state index in [1.165, 1.54) is 0 Å². The van der Waals surface area contributed by atoms with Crippen LogP contribution < -0.4 is 5.32 Å². The van der Waals surface area contributed by atoms with Crippen LogP contribution in [0.1, 0.15) is 18.4 Å². The lowest BCUT2D eigenvalue weighted by Crippen LogP contribution is -2.26. The van der Waals surface area contributed by atoms with E-state index in [4.69, 9.17) is 5.11 Å². The van der Waals surface area contributed by atoms with Gasteiger partial charge in [0, 0.05) is 13.0 Å². The van der Waals surface area contributed by atoms with E-state index in [1.807, 2.05) is 16.8 Å². The van der Waals surface area contributed by atoms with Crippen LogP contribution >= 0.6 is 11.3 Å². The number of thiophene rings is 1. The summed E-state index contributed by atoms with van der Waals surface area (Å²) >= 11 is 1.60. The van der Waals surface area contributed by atoms with Crippen molar-refractivity contribution in [3.63, 3.8) is 0 Å². The minimum atomic E-state index is -0.895. The van der Waals surface area contributed by atoms with Crippen LogP contribution in [0.4, 0.5) is 0 Å². The second-order valence-corrected chi connectivity index (χ2v) is 3.91. The van der Waals surface area contributed by atoms with E-state index in [-0.39, 0.29) is 18.9 Å². The van der Waals surface area contributed by atoms with Crippen molar-refractivity contribution in [2.24, 2.45) is 0 Å². The zero-order valence-electron chi connectivity index (χ0n) is 8.23. The maximum absolute atomic E-state index is 11.2. The monoisotopic (exact) mass is 227 g/mol. The molecular formula is C10H13NO3S. The van der Waals surface area contributed by atoms with Crippen LogP contribution in [0.3, 0.4) is 0 Å². The summed E-state index contributed by atoms with van der Waals surface area (Å²) in [5, 5.41) is 14.9. The van der Waals surface area contributed by atoms with E-state index in [1.54, 1.807) is 11.3 Å². The normalized spacial score (nSPS) is 9.87. The molecule has 4 nitrogen and oxygen atoms in total. The fraction of sp³-hybridized carbons (Fsp3) is 0.400. The Labute approximate surface area is 91.9 Å². The fourth-order valence-corrected chi connectivity index (χ4v) is 1.79. The summed E-state index contributed by atoms with van der Waals surface area (Å²) in [6.07, 6.45) is 1.10. The number of nitrogens with one attached hydrogen (secondary N) is 1. The van der Waals surface area contributed by atoms with Crippen molar-refractivity contribution < 1.29 is 14.7 Å². The first-order chi connectivity index (χ1) is 7.18. The van der Waals surface area contributed by atoms with E-state index >= 15 is 0 Å². The van der Waals surface area contributed by atoms with Gasteiger partial charge >= 0.3 is 5.97 Å². The molecule has 1 rings (SSSR count). The highest BCUT2D eigenvalue weighted by Crippen LogP contribution is 2.07. The molecule has 0 spiro atoms. The molecule has 0 radical (unpaired) electrons. The number of carbonyl (C=O) groups excluding carboxylic acids is 1. The summed E-state index contributed by atoms with van der Waals surface area (Å²) in [7, 11) is 0. The smallest absolute Gasteiger partial charge is 0.305 e. The van der Waals surface area contributed by atoms with Gasteiger partial charge in [0.25, 0.3) is 0 Å². The maximum Gasteiger partial charge on any atom is 0.305 e. The largest absolute Gasteiger partial charge is 0.481 e. The standard InChI is InChI=1S/C10H13NO3S/c12-9(11-5-3-10(13)14)2-1-8-4-6-15-7-8/h4,6-7H,1-3,5H2,(H,11,12)(H,13,14). The third kappa shape index (κ3) is 5.17. The molecule has 2 N–H and O–H groups in total. The summed E-state index contributed by atoms with van der Waals surface area (Å²) in [6, 6.07) is 1.98. The zero-order chi connectivity index (χ0) is 11.1. The third-order valence-electron chi connectivity index (χ3n) is 1.88. The highest BCUT2D eigenvalue weighted by atomic mass is 32.1. The molecule has 0 aliphatic rings. The molecule has 0 aliphatic carbocycles. The summed E-state index contributed by atoms with van der Waals surface area (Å²) in [5.74, 6) is -0.990. The van der Waals surface area contributed by atoms with E-state index in [0.29, 0.717) is 12.8 Å². The fourth-order valence-electron chi connectivity index (χ4n) is 1.09. The Bertz CT molecular complexity index is 321. The molecule has 5 heteroatoms. The minimum Gasteiger partial charge on any atom is -0.481 e. The van der Waals surface area contributed by atoms with E-state index in [9.17, 15) is 9.59 Å². The molecule has 1 aromatic rings. The van der Waals surface area contributed by atoms with Crippen LogP contribution in [0.2, 0.25) is 0 Å². The van der Waals surface area contributed by atoms with Crippen molar-refractivity contribution in [3.8, 4) is 0 Å². The lowest BCUT2D eigenvalue weighted by atomic mass is 10.2. The van der Waals surface area contributed by atoms with Gasteiger partial charge < -0.3 is 10.4 Å². The topological polar surface area (TPSA) is 66.4 Å².